The molecule has 3 rings (SSSR count). The van der Waals surface area contributed by atoms with E-state index in [0.717, 1.165) is 12.8 Å². The maximum Gasteiger partial charge on any atom is 0.251 e. The number of piperidine rings is 1. The molecule has 1 saturated heterocycles. The molecule has 23 heavy (non-hydrogen) atoms. The molecule has 1 aliphatic rings. The lowest BCUT2D eigenvalue weighted by Gasteiger charge is -2.32. The van der Waals surface area contributed by atoms with E-state index >= 15 is 0 Å². The first-order valence-corrected chi connectivity index (χ1v) is 7.39. The quantitative estimate of drug-likeness (QED) is 0.821. The molecule has 0 saturated carbocycles. The third kappa shape index (κ3) is 3.63. The van der Waals surface area contributed by atoms with E-state index in [-0.39, 0.29) is 30.1 Å². The van der Waals surface area contributed by atoms with Crippen molar-refractivity contribution in [3.8, 4) is 11.9 Å². The predicted molar refractivity (Wildman–Crippen MR) is 79.2 cm³/mol. The largest absolute Gasteiger partial charge is 0.470 e. The van der Waals surface area contributed by atoms with Crippen molar-refractivity contribution in [1.82, 2.24) is 24.6 Å². The molecule has 0 bridgehead atoms. The van der Waals surface area contributed by atoms with Gasteiger partial charge in [0.1, 0.15) is 18.7 Å². The summed E-state index contributed by atoms with van der Waals surface area (Å²) in [4.78, 5) is 22.1. The molecule has 0 unspecified atom stereocenters. The van der Waals surface area contributed by atoms with Gasteiger partial charge in [-0.15, -0.1) is 0 Å². The Morgan fingerprint density at radius 2 is 2.26 bits per heavy atom. The highest BCUT2D eigenvalue weighted by molar-refractivity contribution is 5.76. The first-order valence-electron chi connectivity index (χ1n) is 7.39. The number of rotatable bonds is 4. The lowest BCUT2D eigenvalue weighted by atomic mass is 10.1. The molecule has 0 N–H and O–H groups in total. The van der Waals surface area contributed by atoms with E-state index < -0.39 is 0 Å². The Labute approximate surface area is 133 Å². The van der Waals surface area contributed by atoms with Crippen LogP contribution in [-0.4, -0.2) is 49.7 Å². The number of carbonyl (C=O) groups excluding carboxylic acids is 1. The van der Waals surface area contributed by atoms with Crippen molar-refractivity contribution in [3.05, 3.63) is 36.5 Å². The van der Waals surface area contributed by atoms with E-state index in [1.165, 1.54) is 12.4 Å². The molecule has 8 nitrogen and oxygen atoms in total. The van der Waals surface area contributed by atoms with Crippen LogP contribution in [0.15, 0.2) is 30.9 Å². The van der Waals surface area contributed by atoms with Crippen molar-refractivity contribution in [1.29, 1.82) is 5.26 Å². The lowest BCUT2D eigenvalue weighted by Crippen LogP contribution is -2.45. The molecule has 2 aromatic rings. The van der Waals surface area contributed by atoms with E-state index in [1.807, 2.05) is 6.07 Å². The molecule has 118 valence electrons. The van der Waals surface area contributed by atoms with Crippen LogP contribution >= 0.6 is 0 Å². The highest BCUT2D eigenvalue weighted by atomic mass is 16.5. The first kappa shape index (κ1) is 15.0. The summed E-state index contributed by atoms with van der Waals surface area (Å²) < 4.78 is 7.38. The van der Waals surface area contributed by atoms with E-state index in [2.05, 4.69) is 15.1 Å². The van der Waals surface area contributed by atoms with Crippen molar-refractivity contribution in [2.75, 3.05) is 13.1 Å². The number of hydrogen-bond donors (Lipinski definition) is 0. The smallest absolute Gasteiger partial charge is 0.251 e. The van der Waals surface area contributed by atoms with Crippen LogP contribution in [-0.2, 0) is 11.3 Å². The van der Waals surface area contributed by atoms with E-state index in [4.69, 9.17) is 10.00 Å². The molecule has 0 radical (unpaired) electrons. The van der Waals surface area contributed by atoms with Crippen LogP contribution in [0.4, 0.5) is 0 Å². The minimum atomic E-state index is -0.186. The number of carbonyl (C=O) groups is 1. The molecule has 1 aliphatic heterocycles. The SMILES string of the molecule is N#Cc1nccnc1O[C@H]1CCCN(C(=O)Cn2cccn2)C1. The summed E-state index contributed by atoms with van der Waals surface area (Å²) in [7, 11) is 0. The number of nitrogens with zero attached hydrogens (tertiary/aromatic N) is 6. The minimum Gasteiger partial charge on any atom is -0.470 e. The van der Waals surface area contributed by atoms with Gasteiger partial charge in [0, 0.05) is 31.3 Å². The molecule has 1 fully saturated rings. The standard InChI is InChI=1S/C15H16N6O2/c16-9-13-15(18-6-5-17-13)23-12-3-1-7-20(10-12)14(22)11-21-8-2-4-19-21/h2,4-6,8,12H,1,3,7,10-11H2/t12-/m0/s1. The van der Waals surface area contributed by atoms with Gasteiger partial charge < -0.3 is 9.64 Å². The normalized spacial score (nSPS) is 17.5. The van der Waals surface area contributed by atoms with Gasteiger partial charge in [-0.1, -0.05) is 0 Å². The fraction of sp³-hybridized carbons (Fsp3) is 0.400. The third-order valence-corrected chi connectivity index (χ3v) is 3.64. The van der Waals surface area contributed by atoms with Crippen LogP contribution in [0.1, 0.15) is 18.5 Å². The summed E-state index contributed by atoms with van der Waals surface area (Å²) in [5.41, 5.74) is 0.160. The molecule has 0 aromatic carbocycles. The van der Waals surface area contributed by atoms with Crippen LogP contribution in [0.2, 0.25) is 0 Å². The molecule has 2 aromatic heterocycles. The van der Waals surface area contributed by atoms with Gasteiger partial charge in [-0.25, -0.2) is 9.97 Å². The van der Waals surface area contributed by atoms with Crippen LogP contribution in [0.3, 0.4) is 0 Å². The average molecular weight is 312 g/mol. The van der Waals surface area contributed by atoms with E-state index in [0.29, 0.717) is 13.1 Å². The molecule has 1 atom stereocenters. The van der Waals surface area contributed by atoms with Crippen molar-refractivity contribution in [3.63, 3.8) is 0 Å². The van der Waals surface area contributed by atoms with Crippen LogP contribution in [0.25, 0.3) is 0 Å². The van der Waals surface area contributed by atoms with Gasteiger partial charge in [-0.2, -0.15) is 10.4 Å². The maximum atomic E-state index is 12.3. The summed E-state index contributed by atoms with van der Waals surface area (Å²) >= 11 is 0. The number of ether oxygens (including phenoxy) is 1. The number of nitriles is 1. The Hall–Kier alpha value is -2.95. The highest BCUT2D eigenvalue weighted by Crippen LogP contribution is 2.18. The van der Waals surface area contributed by atoms with Crippen LogP contribution < -0.4 is 4.74 Å². The Kier molecular flexibility index (Phi) is 4.47. The van der Waals surface area contributed by atoms with Gasteiger partial charge in [0.05, 0.1) is 6.54 Å². The van der Waals surface area contributed by atoms with E-state index in [9.17, 15) is 4.79 Å². The van der Waals surface area contributed by atoms with Crippen molar-refractivity contribution < 1.29 is 9.53 Å². The van der Waals surface area contributed by atoms with Crippen molar-refractivity contribution in [2.45, 2.75) is 25.5 Å². The fourth-order valence-electron chi connectivity index (χ4n) is 2.54. The molecule has 8 heteroatoms. The number of likely N-dealkylation sites (tertiary alicyclic amines) is 1. The van der Waals surface area contributed by atoms with Gasteiger partial charge in [0.2, 0.25) is 11.6 Å². The first-order chi connectivity index (χ1) is 11.3. The van der Waals surface area contributed by atoms with Gasteiger partial charge in [-0.05, 0) is 18.9 Å². The Morgan fingerprint density at radius 3 is 3.04 bits per heavy atom. The summed E-state index contributed by atoms with van der Waals surface area (Å²) in [6, 6.07) is 3.74. The van der Waals surface area contributed by atoms with Gasteiger partial charge >= 0.3 is 0 Å². The lowest BCUT2D eigenvalue weighted by molar-refractivity contribution is -0.134. The Morgan fingerprint density at radius 1 is 1.39 bits per heavy atom. The summed E-state index contributed by atoms with van der Waals surface area (Å²) in [5.74, 6) is 0.225. The fourth-order valence-corrected chi connectivity index (χ4v) is 2.54. The monoisotopic (exact) mass is 312 g/mol. The number of hydrogen-bond acceptors (Lipinski definition) is 6. The van der Waals surface area contributed by atoms with Crippen molar-refractivity contribution >= 4 is 5.91 Å². The summed E-state index contributed by atoms with van der Waals surface area (Å²) in [6.45, 7) is 1.39. The zero-order valence-electron chi connectivity index (χ0n) is 12.5. The zero-order valence-corrected chi connectivity index (χ0v) is 12.5. The second-order valence-corrected chi connectivity index (χ2v) is 5.25. The molecule has 3 heterocycles. The summed E-state index contributed by atoms with van der Waals surface area (Å²) in [6.07, 6.45) is 7.81. The van der Waals surface area contributed by atoms with Gasteiger partial charge in [0.25, 0.3) is 5.88 Å². The predicted octanol–water partition coefficient (Wildman–Crippen LogP) is 0.615. The Bertz CT molecular complexity index is 709. The average Bonchev–Trinajstić information content (AvgIpc) is 3.08. The molecule has 1 amide bonds. The van der Waals surface area contributed by atoms with Gasteiger partial charge in [0.15, 0.2) is 0 Å². The molecule has 0 aliphatic carbocycles. The van der Waals surface area contributed by atoms with Crippen LogP contribution in [0, 0.1) is 11.3 Å². The second-order valence-electron chi connectivity index (χ2n) is 5.25. The van der Waals surface area contributed by atoms with Crippen LogP contribution in [0.5, 0.6) is 5.88 Å². The third-order valence-electron chi connectivity index (χ3n) is 3.64. The highest BCUT2D eigenvalue weighted by Gasteiger charge is 2.26. The molecular weight excluding hydrogens is 296 g/mol. The minimum absolute atomic E-state index is 0.00153. The Balaban J connectivity index is 1.62. The molecular formula is C15H16N6O2. The molecule has 0 spiro atoms. The zero-order chi connectivity index (χ0) is 16.1. The van der Waals surface area contributed by atoms with Crippen molar-refractivity contribution in [2.24, 2.45) is 0 Å². The maximum absolute atomic E-state index is 12.3. The number of aromatic nitrogens is 4. The summed E-state index contributed by atoms with van der Waals surface area (Å²) in [5, 5.41) is 13.1. The van der Waals surface area contributed by atoms with E-state index in [1.54, 1.807) is 28.0 Å². The topological polar surface area (TPSA) is 96.9 Å². The second kappa shape index (κ2) is 6.87. The van der Waals surface area contributed by atoms with Gasteiger partial charge in [-0.3, -0.25) is 9.48 Å². The number of amides is 1.